The summed E-state index contributed by atoms with van der Waals surface area (Å²) in [6.07, 6.45) is 3.17. The summed E-state index contributed by atoms with van der Waals surface area (Å²) >= 11 is 0. The lowest BCUT2D eigenvalue weighted by atomic mass is 10.2. The van der Waals surface area contributed by atoms with Crippen molar-refractivity contribution in [2.45, 2.75) is 0 Å². The quantitative estimate of drug-likeness (QED) is 0.474. The molecule has 5 aromatic rings. The van der Waals surface area contributed by atoms with Crippen LogP contribution in [-0.2, 0) is 0 Å². The van der Waals surface area contributed by atoms with Gasteiger partial charge in [0.1, 0.15) is 5.82 Å². The molecule has 0 N–H and O–H groups in total. The Bertz CT molecular complexity index is 1340. The first-order chi connectivity index (χ1) is 12.2. The van der Waals surface area contributed by atoms with Crippen molar-refractivity contribution in [3.8, 4) is 5.69 Å². The maximum absolute atomic E-state index is 13.5. The number of hydrogen-bond acceptors (Lipinski definition) is 3. The number of nitrogens with zero attached hydrogens (tertiary/aromatic N) is 4. The molecule has 5 rings (SSSR count). The molecule has 0 aliphatic rings. The number of hydrogen-bond donors (Lipinski definition) is 0. The maximum Gasteiger partial charge on any atom is 0.266 e. The van der Waals surface area contributed by atoms with E-state index in [-0.39, 0.29) is 5.56 Å². The molecule has 0 aliphatic carbocycles. The molecule has 3 aromatic heterocycles. The van der Waals surface area contributed by atoms with E-state index in [9.17, 15) is 9.18 Å². The van der Waals surface area contributed by atoms with Crippen molar-refractivity contribution in [3.63, 3.8) is 0 Å². The highest BCUT2D eigenvalue weighted by Gasteiger charge is 2.12. The minimum absolute atomic E-state index is 0.254. The van der Waals surface area contributed by atoms with Gasteiger partial charge in [0.2, 0.25) is 5.78 Å². The number of fused-ring (bicyclic) bond motifs is 5. The molecule has 0 spiro atoms. The molecular formula is C19H11FN4O. The van der Waals surface area contributed by atoms with Crippen molar-refractivity contribution < 1.29 is 4.39 Å². The van der Waals surface area contributed by atoms with Gasteiger partial charge in [0.25, 0.3) is 5.56 Å². The molecular weight excluding hydrogens is 319 g/mol. The number of benzene rings is 2. The lowest BCUT2D eigenvalue weighted by Gasteiger charge is -2.08. The summed E-state index contributed by atoms with van der Waals surface area (Å²) in [6, 6.07) is 15.4. The molecule has 0 unspecified atom stereocenters. The van der Waals surface area contributed by atoms with Crippen LogP contribution in [0, 0.1) is 5.82 Å². The largest absolute Gasteiger partial charge is 0.284 e. The molecule has 3 heterocycles. The van der Waals surface area contributed by atoms with E-state index < -0.39 is 5.82 Å². The summed E-state index contributed by atoms with van der Waals surface area (Å²) in [5.74, 6) is 0.148. The smallest absolute Gasteiger partial charge is 0.266 e. The van der Waals surface area contributed by atoms with Crippen LogP contribution in [0.2, 0.25) is 0 Å². The Morgan fingerprint density at radius 1 is 0.960 bits per heavy atom. The third-order valence-corrected chi connectivity index (χ3v) is 4.29. The van der Waals surface area contributed by atoms with Gasteiger partial charge in [-0.3, -0.25) is 13.8 Å². The van der Waals surface area contributed by atoms with Crippen molar-refractivity contribution >= 4 is 27.7 Å². The molecule has 0 aliphatic heterocycles. The zero-order chi connectivity index (χ0) is 17.0. The van der Waals surface area contributed by atoms with Crippen LogP contribution in [0.3, 0.4) is 0 Å². The normalized spacial score (nSPS) is 11.6. The first-order valence-electron chi connectivity index (χ1n) is 7.76. The van der Waals surface area contributed by atoms with Crippen LogP contribution < -0.4 is 5.56 Å². The lowest BCUT2D eigenvalue weighted by Crippen LogP contribution is -2.18. The number of para-hydroxylation sites is 2. The van der Waals surface area contributed by atoms with E-state index in [1.807, 2.05) is 34.7 Å². The first-order valence-corrected chi connectivity index (χ1v) is 7.76. The van der Waals surface area contributed by atoms with Gasteiger partial charge in [0.05, 0.1) is 27.6 Å². The Kier molecular flexibility index (Phi) is 2.76. The van der Waals surface area contributed by atoms with E-state index in [4.69, 9.17) is 0 Å². The van der Waals surface area contributed by atoms with E-state index in [0.717, 1.165) is 16.6 Å². The summed E-state index contributed by atoms with van der Waals surface area (Å²) in [7, 11) is 0. The molecule has 0 bridgehead atoms. The van der Waals surface area contributed by atoms with Crippen LogP contribution in [0.1, 0.15) is 0 Å². The number of halogens is 1. The Morgan fingerprint density at radius 2 is 1.84 bits per heavy atom. The molecule has 0 atom stereocenters. The van der Waals surface area contributed by atoms with Gasteiger partial charge in [-0.2, -0.15) is 0 Å². The molecule has 0 radical (unpaired) electrons. The predicted molar refractivity (Wildman–Crippen MR) is 93.6 cm³/mol. The van der Waals surface area contributed by atoms with Gasteiger partial charge in [-0.1, -0.05) is 18.2 Å². The third kappa shape index (κ3) is 1.97. The first kappa shape index (κ1) is 13.9. The standard InChI is InChI=1S/C19H11FN4O/c20-12-4-3-5-13(10-12)23-9-8-16-14(18(23)25)11-21-19-22-15-6-1-2-7-17(15)24(16)19/h1-11H. The van der Waals surface area contributed by atoms with Gasteiger partial charge in [0, 0.05) is 12.4 Å². The SMILES string of the molecule is O=c1c2cnc3nc4ccccc4n3c2ccn1-c1cccc(F)c1. The molecule has 0 amide bonds. The van der Waals surface area contributed by atoms with Gasteiger partial charge < -0.3 is 0 Å². The average Bonchev–Trinajstić information content (AvgIpc) is 3.01. The third-order valence-electron chi connectivity index (χ3n) is 4.29. The van der Waals surface area contributed by atoms with Crippen LogP contribution in [0.5, 0.6) is 0 Å². The average molecular weight is 330 g/mol. The molecule has 6 heteroatoms. The van der Waals surface area contributed by atoms with Crippen molar-refractivity contribution in [2.75, 3.05) is 0 Å². The minimum atomic E-state index is -0.390. The highest BCUT2D eigenvalue weighted by atomic mass is 19.1. The highest BCUT2D eigenvalue weighted by molar-refractivity contribution is 5.88. The van der Waals surface area contributed by atoms with Crippen LogP contribution in [0.25, 0.3) is 33.4 Å². The fraction of sp³-hybridized carbons (Fsp3) is 0. The van der Waals surface area contributed by atoms with Crippen molar-refractivity contribution in [2.24, 2.45) is 0 Å². The molecule has 2 aromatic carbocycles. The van der Waals surface area contributed by atoms with Crippen LogP contribution in [0.4, 0.5) is 4.39 Å². The van der Waals surface area contributed by atoms with Crippen molar-refractivity contribution in [3.05, 3.63) is 83.2 Å². The van der Waals surface area contributed by atoms with Gasteiger partial charge in [-0.15, -0.1) is 0 Å². The zero-order valence-electron chi connectivity index (χ0n) is 12.9. The highest BCUT2D eigenvalue weighted by Crippen LogP contribution is 2.20. The molecule has 0 saturated heterocycles. The number of pyridine rings is 1. The monoisotopic (exact) mass is 330 g/mol. The van der Waals surface area contributed by atoms with E-state index in [1.54, 1.807) is 18.3 Å². The Hall–Kier alpha value is -3.54. The fourth-order valence-corrected chi connectivity index (χ4v) is 3.15. The van der Waals surface area contributed by atoms with Crippen molar-refractivity contribution in [1.82, 2.24) is 18.9 Å². The second-order valence-electron chi connectivity index (χ2n) is 5.76. The van der Waals surface area contributed by atoms with Crippen LogP contribution >= 0.6 is 0 Å². The van der Waals surface area contributed by atoms with Crippen molar-refractivity contribution in [1.29, 1.82) is 0 Å². The lowest BCUT2D eigenvalue weighted by molar-refractivity contribution is 0.626. The topological polar surface area (TPSA) is 52.2 Å². The fourth-order valence-electron chi connectivity index (χ4n) is 3.15. The maximum atomic E-state index is 13.5. The van der Waals surface area contributed by atoms with E-state index >= 15 is 0 Å². The van der Waals surface area contributed by atoms with Gasteiger partial charge in [-0.05, 0) is 36.4 Å². The Morgan fingerprint density at radius 3 is 2.72 bits per heavy atom. The zero-order valence-corrected chi connectivity index (χ0v) is 12.9. The van der Waals surface area contributed by atoms with E-state index in [1.165, 1.54) is 22.9 Å². The molecule has 120 valence electrons. The molecule has 25 heavy (non-hydrogen) atoms. The predicted octanol–water partition coefficient (Wildman–Crippen LogP) is 3.33. The van der Waals surface area contributed by atoms with Crippen LogP contribution in [0.15, 0.2) is 71.8 Å². The molecule has 5 nitrogen and oxygen atoms in total. The minimum Gasteiger partial charge on any atom is -0.284 e. The summed E-state index contributed by atoms with van der Waals surface area (Å²) < 4.78 is 16.8. The van der Waals surface area contributed by atoms with E-state index in [0.29, 0.717) is 16.9 Å². The second-order valence-corrected chi connectivity index (χ2v) is 5.76. The van der Waals surface area contributed by atoms with Gasteiger partial charge in [0.15, 0.2) is 0 Å². The number of aromatic nitrogens is 4. The van der Waals surface area contributed by atoms with Gasteiger partial charge in [-0.25, -0.2) is 14.4 Å². The summed E-state index contributed by atoms with van der Waals surface area (Å²) in [5, 5.41) is 0.447. The summed E-state index contributed by atoms with van der Waals surface area (Å²) in [5.41, 5.74) is 2.64. The number of rotatable bonds is 1. The summed E-state index contributed by atoms with van der Waals surface area (Å²) in [6.45, 7) is 0. The summed E-state index contributed by atoms with van der Waals surface area (Å²) in [4.78, 5) is 21.7. The molecule has 0 saturated carbocycles. The van der Waals surface area contributed by atoms with E-state index in [2.05, 4.69) is 9.97 Å². The Balaban J connectivity index is 1.89. The Labute approximate surface area is 140 Å². The molecule has 0 fully saturated rings. The second kappa shape index (κ2) is 4.98. The van der Waals surface area contributed by atoms with Crippen LogP contribution in [-0.4, -0.2) is 18.9 Å². The van der Waals surface area contributed by atoms with Gasteiger partial charge >= 0.3 is 0 Å². The number of imidazole rings is 1.